The Morgan fingerprint density at radius 1 is 0.960 bits per heavy atom. The smallest absolute Gasteiger partial charge is 0.374 e. The summed E-state index contributed by atoms with van der Waals surface area (Å²) < 4.78 is 67.7. The molecule has 2 aromatic carbocycles. The average molecular weight is 361 g/mol. The number of nitro groups is 1. The summed E-state index contributed by atoms with van der Waals surface area (Å²) in [6.07, 6.45) is -6.14. The summed E-state index contributed by atoms with van der Waals surface area (Å²) in [5.41, 5.74) is -6.43. The van der Waals surface area contributed by atoms with E-state index in [2.05, 4.69) is 0 Å². The van der Waals surface area contributed by atoms with Crippen molar-refractivity contribution in [2.45, 2.75) is 24.6 Å². The third kappa shape index (κ3) is 2.95. The maximum atomic E-state index is 14.3. The number of para-hydroxylation sites is 1. The highest BCUT2D eigenvalue weighted by atomic mass is 19.4. The van der Waals surface area contributed by atoms with Crippen molar-refractivity contribution in [3.63, 3.8) is 0 Å². The Bertz CT molecular complexity index is 789. The molecule has 0 spiro atoms. The van der Waals surface area contributed by atoms with Crippen LogP contribution in [0, 0.1) is 17.0 Å². The zero-order chi connectivity index (χ0) is 19.0. The molecule has 25 heavy (non-hydrogen) atoms. The number of aryl methyl sites for hydroxylation is 1. The van der Waals surface area contributed by atoms with Gasteiger partial charge in [-0.2, -0.15) is 22.0 Å². The highest BCUT2D eigenvalue weighted by Gasteiger charge is 2.72. The molecular weight excluding hydrogens is 349 g/mol. The summed E-state index contributed by atoms with van der Waals surface area (Å²) >= 11 is 0. The molecule has 0 saturated carbocycles. The van der Waals surface area contributed by atoms with Crippen molar-refractivity contribution in [2.75, 3.05) is 0 Å². The van der Waals surface area contributed by atoms with E-state index in [0.29, 0.717) is 11.6 Å². The number of nitrogens with zero attached hydrogens (tertiary/aromatic N) is 1. The van der Waals surface area contributed by atoms with E-state index in [1.807, 2.05) is 0 Å². The molecule has 0 aliphatic heterocycles. The van der Waals surface area contributed by atoms with E-state index in [9.17, 15) is 37.2 Å². The summed E-state index contributed by atoms with van der Waals surface area (Å²) in [4.78, 5) is 9.97. The van der Waals surface area contributed by atoms with Crippen molar-refractivity contribution in [1.29, 1.82) is 0 Å². The number of alkyl halides is 5. The van der Waals surface area contributed by atoms with Gasteiger partial charge in [-0.15, -0.1) is 0 Å². The molecule has 0 amide bonds. The molecule has 1 N–H and O–H groups in total. The molecule has 2 aromatic rings. The lowest BCUT2D eigenvalue weighted by Gasteiger charge is -2.37. The zero-order valence-electron chi connectivity index (χ0n) is 12.7. The number of hydrogen-bond acceptors (Lipinski definition) is 3. The largest absolute Gasteiger partial charge is 0.457 e. The molecule has 134 valence electrons. The third-order valence-corrected chi connectivity index (χ3v) is 3.77. The summed E-state index contributed by atoms with van der Waals surface area (Å²) in [6.45, 7) is 1.57. The summed E-state index contributed by atoms with van der Waals surface area (Å²) in [5, 5.41) is 21.7. The fourth-order valence-corrected chi connectivity index (χ4v) is 2.44. The summed E-state index contributed by atoms with van der Waals surface area (Å²) in [6, 6.07) is 7.77. The Labute approximate surface area is 138 Å². The minimum Gasteiger partial charge on any atom is -0.374 e. The topological polar surface area (TPSA) is 63.4 Å². The van der Waals surface area contributed by atoms with Crippen molar-refractivity contribution in [1.82, 2.24) is 0 Å². The molecule has 0 aliphatic carbocycles. The number of rotatable bonds is 4. The van der Waals surface area contributed by atoms with Crippen LogP contribution in [0.3, 0.4) is 0 Å². The van der Waals surface area contributed by atoms with E-state index in [-0.39, 0.29) is 0 Å². The standard InChI is InChI=1S/C16H12F5NO3/c1-10-6-8-11(9-7-10)14(23,15(17,18)16(19,20)21)12-4-2-3-5-13(12)22(24)25/h2-9,23H,1H3. The van der Waals surface area contributed by atoms with Gasteiger partial charge in [-0.3, -0.25) is 10.1 Å². The summed E-state index contributed by atoms with van der Waals surface area (Å²) in [7, 11) is 0. The van der Waals surface area contributed by atoms with Crippen molar-refractivity contribution in [2.24, 2.45) is 0 Å². The van der Waals surface area contributed by atoms with Gasteiger partial charge in [0.05, 0.1) is 10.5 Å². The number of halogens is 5. The first-order valence-electron chi connectivity index (χ1n) is 6.91. The van der Waals surface area contributed by atoms with Crippen LogP contribution in [-0.4, -0.2) is 22.1 Å². The highest BCUT2D eigenvalue weighted by Crippen LogP contribution is 2.53. The first-order valence-corrected chi connectivity index (χ1v) is 6.91. The molecular formula is C16H12F5NO3. The predicted molar refractivity (Wildman–Crippen MR) is 78.3 cm³/mol. The van der Waals surface area contributed by atoms with E-state index in [1.165, 1.54) is 12.1 Å². The molecule has 1 atom stereocenters. The monoisotopic (exact) mass is 361 g/mol. The third-order valence-electron chi connectivity index (χ3n) is 3.77. The van der Waals surface area contributed by atoms with Crippen molar-refractivity contribution in [3.8, 4) is 0 Å². The molecule has 0 aromatic heterocycles. The summed E-state index contributed by atoms with van der Waals surface area (Å²) in [5.74, 6) is -5.68. The van der Waals surface area contributed by atoms with Crippen molar-refractivity contribution >= 4 is 5.69 Å². The Morgan fingerprint density at radius 2 is 1.48 bits per heavy atom. The molecule has 0 radical (unpaired) electrons. The second kappa shape index (κ2) is 6.07. The average Bonchev–Trinajstić information content (AvgIpc) is 2.53. The van der Waals surface area contributed by atoms with Gasteiger partial charge in [0.2, 0.25) is 0 Å². The van der Waals surface area contributed by atoms with Gasteiger partial charge in [0.1, 0.15) is 0 Å². The fourth-order valence-electron chi connectivity index (χ4n) is 2.44. The first-order chi connectivity index (χ1) is 11.4. The molecule has 2 rings (SSSR count). The second-order valence-electron chi connectivity index (χ2n) is 5.42. The normalized spacial score (nSPS) is 14.8. The van der Waals surface area contributed by atoms with E-state index < -0.39 is 39.4 Å². The number of nitro benzene ring substituents is 1. The van der Waals surface area contributed by atoms with E-state index in [0.717, 1.165) is 30.3 Å². The van der Waals surface area contributed by atoms with E-state index >= 15 is 0 Å². The van der Waals surface area contributed by atoms with Gasteiger partial charge in [0.25, 0.3) is 5.69 Å². The molecule has 9 heteroatoms. The van der Waals surface area contributed by atoms with Crippen LogP contribution in [0.15, 0.2) is 48.5 Å². The van der Waals surface area contributed by atoms with Gasteiger partial charge < -0.3 is 5.11 Å². The Morgan fingerprint density at radius 3 is 1.96 bits per heavy atom. The van der Waals surface area contributed by atoms with E-state index in [4.69, 9.17) is 0 Å². The van der Waals surface area contributed by atoms with Crippen molar-refractivity contribution < 1.29 is 32.0 Å². The molecule has 0 saturated heterocycles. The van der Waals surface area contributed by atoms with Gasteiger partial charge in [0.15, 0.2) is 5.60 Å². The number of benzene rings is 2. The molecule has 0 heterocycles. The second-order valence-corrected chi connectivity index (χ2v) is 5.42. The minimum absolute atomic E-state index is 0.545. The SMILES string of the molecule is Cc1ccc(C(O)(c2ccccc2[N+](=O)[O-])C(F)(F)C(F)(F)F)cc1. The molecule has 1 unspecified atom stereocenters. The van der Waals surface area contributed by atoms with Crippen LogP contribution in [0.25, 0.3) is 0 Å². The Kier molecular flexibility index (Phi) is 4.56. The highest BCUT2D eigenvalue weighted by molar-refractivity contribution is 5.51. The van der Waals surface area contributed by atoms with Crippen LogP contribution >= 0.6 is 0 Å². The van der Waals surface area contributed by atoms with Gasteiger partial charge in [-0.05, 0) is 18.6 Å². The molecule has 4 nitrogen and oxygen atoms in total. The molecule has 0 bridgehead atoms. The van der Waals surface area contributed by atoms with Crippen LogP contribution < -0.4 is 0 Å². The predicted octanol–water partition coefficient (Wildman–Crippen LogP) is 4.34. The number of hydrogen-bond donors (Lipinski definition) is 1. The van der Waals surface area contributed by atoms with Gasteiger partial charge in [-0.25, -0.2) is 0 Å². The van der Waals surface area contributed by atoms with Crippen LogP contribution in [-0.2, 0) is 5.60 Å². The van der Waals surface area contributed by atoms with E-state index in [1.54, 1.807) is 6.92 Å². The lowest BCUT2D eigenvalue weighted by atomic mass is 9.79. The fraction of sp³-hybridized carbons (Fsp3) is 0.250. The lowest BCUT2D eigenvalue weighted by molar-refractivity contribution is -0.389. The van der Waals surface area contributed by atoms with Gasteiger partial charge in [-0.1, -0.05) is 42.0 Å². The number of aliphatic hydroxyl groups is 1. The Balaban J connectivity index is 2.88. The van der Waals surface area contributed by atoms with Crippen LogP contribution in [0.5, 0.6) is 0 Å². The van der Waals surface area contributed by atoms with Crippen LogP contribution in [0.2, 0.25) is 0 Å². The molecule has 0 fully saturated rings. The van der Waals surface area contributed by atoms with Crippen LogP contribution in [0.1, 0.15) is 16.7 Å². The van der Waals surface area contributed by atoms with Gasteiger partial charge in [0, 0.05) is 6.07 Å². The zero-order valence-corrected chi connectivity index (χ0v) is 12.7. The van der Waals surface area contributed by atoms with Crippen LogP contribution in [0.4, 0.5) is 27.6 Å². The maximum absolute atomic E-state index is 14.3. The minimum atomic E-state index is -6.14. The molecule has 0 aliphatic rings. The van der Waals surface area contributed by atoms with Gasteiger partial charge >= 0.3 is 12.1 Å². The Hall–Kier alpha value is -2.55. The van der Waals surface area contributed by atoms with Crippen molar-refractivity contribution in [3.05, 3.63) is 75.3 Å². The quantitative estimate of drug-likeness (QED) is 0.501. The maximum Gasteiger partial charge on any atom is 0.457 e. The lowest BCUT2D eigenvalue weighted by Crippen LogP contribution is -2.55. The first kappa shape index (κ1) is 18.8.